The highest BCUT2D eigenvalue weighted by molar-refractivity contribution is 7.14. The van der Waals surface area contributed by atoms with Crippen molar-refractivity contribution in [2.75, 3.05) is 12.8 Å². The smallest absolute Gasteiger partial charge is 0.341 e. The summed E-state index contributed by atoms with van der Waals surface area (Å²) in [5.41, 5.74) is 7.79. The second-order valence-electron chi connectivity index (χ2n) is 3.28. The number of aryl methyl sites for hydroxylation is 1. The molecule has 2 rings (SSSR count). The molecule has 0 amide bonds. The van der Waals surface area contributed by atoms with Gasteiger partial charge in [0.2, 0.25) is 0 Å². The Labute approximate surface area is 96.4 Å². The lowest BCUT2D eigenvalue weighted by atomic mass is 10.1. The number of nitrogen functional groups attached to an aromatic ring is 1. The van der Waals surface area contributed by atoms with Crippen LogP contribution in [0.15, 0.2) is 17.8 Å². The highest BCUT2D eigenvalue weighted by Gasteiger charge is 2.19. The number of carbonyl (C=O) groups is 1. The molecular weight excluding hydrogens is 226 g/mol. The number of ether oxygens (including phenoxy) is 1. The maximum absolute atomic E-state index is 11.6. The van der Waals surface area contributed by atoms with Crippen LogP contribution in [0.5, 0.6) is 0 Å². The van der Waals surface area contributed by atoms with Crippen LogP contribution in [0, 0.1) is 0 Å². The van der Waals surface area contributed by atoms with E-state index in [4.69, 9.17) is 10.5 Å². The van der Waals surface area contributed by atoms with E-state index in [1.807, 2.05) is 18.6 Å². The fourth-order valence-corrected chi connectivity index (χ4v) is 2.27. The summed E-state index contributed by atoms with van der Waals surface area (Å²) in [6.45, 7) is 0. The molecule has 2 aromatic heterocycles. The Morgan fingerprint density at radius 3 is 2.94 bits per heavy atom. The molecular formula is C10H11N3O2S. The number of nitrogens with zero attached hydrogens (tertiary/aromatic N) is 2. The molecule has 0 unspecified atom stereocenters. The van der Waals surface area contributed by atoms with Gasteiger partial charge in [-0.05, 0) is 0 Å². The van der Waals surface area contributed by atoms with Crippen molar-refractivity contribution in [1.82, 2.24) is 9.78 Å². The van der Waals surface area contributed by atoms with Crippen LogP contribution in [0.4, 0.5) is 5.00 Å². The van der Waals surface area contributed by atoms with Crippen molar-refractivity contribution in [2.45, 2.75) is 0 Å². The number of hydrogen-bond acceptors (Lipinski definition) is 5. The van der Waals surface area contributed by atoms with E-state index >= 15 is 0 Å². The molecule has 2 aromatic rings. The predicted octanol–water partition coefficient (Wildman–Crippen LogP) is 1.52. The van der Waals surface area contributed by atoms with Gasteiger partial charge in [-0.2, -0.15) is 5.10 Å². The van der Waals surface area contributed by atoms with Crippen molar-refractivity contribution >= 4 is 22.3 Å². The third-order valence-corrected chi connectivity index (χ3v) is 3.04. The van der Waals surface area contributed by atoms with E-state index in [0.717, 1.165) is 11.1 Å². The maximum Gasteiger partial charge on any atom is 0.341 e. The highest BCUT2D eigenvalue weighted by Crippen LogP contribution is 2.33. The Hall–Kier alpha value is -1.82. The van der Waals surface area contributed by atoms with Gasteiger partial charge in [0, 0.05) is 29.8 Å². The topological polar surface area (TPSA) is 70.1 Å². The molecule has 0 aliphatic carbocycles. The van der Waals surface area contributed by atoms with Crippen molar-refractivity contribution in [2.24, 2.45) is 7.05 Å². The number of nitrogens with two attached hydrogens (primary N) is 1. The maximum atomic E-state index is 11.6. The zero-order valence-corrected chi connectivity index (χ0v) is 9.75. The van der Waals surface area contributed by atoms with Gasteiger partial charge in [0.25, 0.3) is 0 Å². The van der Waals surface area contributed by atoms with Gasteiger partial charge in [-0.15, -0.1) is 11.3 Å². The number of esters is 1. The first-order valence-corrected chi connectivity index (χ1v) is 5.45. The summed E-state index contributed by atoms with van der Waals surface area (Å²) in [7, 11) is 3.16. The minimum atomic E-state index is -0.419. The third-order valence-electron chi connectivity index (χ3n) is 2.22. The first-order chi connectivity index (χ1) is 7.63. The number of methoxy groups -OCH3 is 1. The molecule has 6 heteroatoms. The summed E-state index contributed by atoms with van der Waals surface area (Å²) in [5.74, 6) is -0.419. The van der Waals surface area contributed by atoms with E-state index in [-0.39, 0.29) is 0 Å². The summed E-state index contributed by atoms with van der Waals surface area (Å²) < 4.78 is 6.38. The third kappa shape index (κ3) is 1.67. The number of carbonyl (C=O) groups excluding carboxylic acids is 1. The van der Waals surface area contributed by atoms with E-state index in [1.165, 1.54) is 18.4 Å². The molecule has 2 heterocycles. The van der Waals surface area contributed by atoms with Crippen LogP contribution in [-0.2, 0) is 11.8 Å². The average Bonchev–Trinajstić information content (AvgIpc) is 2.83. The number of aromatic nitrogens is 2. The summed E-state index contributed by atoms with van der Waals surface area (Å²) in [4.78, 5) is 11.6. The van der Waals surface area contributed by atoms with E-state index in [0.29, 0.717) is 10.6 Å². The predicted molar refractivity (Wildman–Crippen MR) is 62.3 cm³/mol. The number of anilines is 1. The molecule has 5 nitrogen and oxygen atoms in total. The van der Waals surface area contributed by atoms with Gasteiger partial charge in [0.15, 0.2) is 0 Å². The minimum absolute atomic E-state index is 0.417. The number of thiophene rings is 1. The molecule has 84 valence electrons. The van der Waals surface area contributed by atoms with Crippen molar-refractivity contribution in [1.29, 1.82) is 0 Å². The van der Waals surface area contributed by atoms with Crippen LogP contribution in [0.1, 0.15) is 10.4 Å². The second-order valence-corrected chi connectivity index (χ2v) is 4.19. The first-order valence-electron chi connectivity index (χ1n) is 4.57. The lowest BCUT2D eigenvalue weighted by Gasteiger charge is -2.01. The van der Waals surface area contributed by atoms with Gasteiger partial charge < -0.3 is 10.5 Å². The fourth-order valence-electron chi connectivity index (χ4n) is 1.46. The molecule has 0 aromatic carbocycles. The first kappa shape index (κ1) is 10.7. The van der Waals surface area contributed by atoms with Crippen molar-refractivity contribution in [3.05, 3.63) is 23.3 Å². The molecule has 0 aliphatic heterocycles. The summed E-state index contributed by atoms with van der Waals surface area (Å²) in [6, 6.07) is 0. The van der Waals surface area contributed by atoms with E-state index in [2.05, 4.69) is 5.10 Å². The van der Waals surface area contributed by atoms with Gasteiger partial charge in [0.05, 0.1) is 13.3 Å². The average molecular weight is 237 g/mol. The molecule has 0 saturated heterocycles. The normalized spacial score (nSPS) is 10.4. The second kappa shape index (κ2) is 3.97. The molecule has 0 spiro atoms. The molecule has 2 N–H and O–H groups in total. The van der Waals surface area contributed by atoms with Crippen molar-refractivity contribution < 1.29 is 9.53 Å². The Kier molecular flexibility index (Phi) is 2.66. The van der Waals surface area contributed by atoms with Crippen LogP contribution >= 0.6 is 11.3 Å². The Balaban J connectivity index is 2.53. The van der Waals surface area contributed by atoms with Crippen molar-refractivity contribution in [3.8, 4) is 11.1 Å². The quantitative estimate of drug-likeness (QED) is 0.804. The molecule has 0 fully saturated rings. The zero-order valence-electron chi connectivity index (χ0n) is 8.93. The van der Waals surface area contributed by atoms with Crippen LogP contribution in [-0.4, -0.2) is 22.9 Å². The molecule has 0 saturated carbocycles. The zero-order chi connectivity index (χ0) is 11.7. The molecule has 0 radical (unpaired) electrons. The SMILES string of the molecule is COC(=O)c1c(-c2cnn(C)c2)csc1N. The standard InChI is InChI=1S/C10H11N3O2S/c1-13-4-6(3-12-13)7-5-16-9(11)8(7)10(14)15-2/h3-5H,11H2,1-2H3. The summed E-state index contributed by atoms with van der Waals surface area (Å²) >= 11 is 1.32. The van der Waals surface area contributed by atoms with Gasteiger partial charge in [-0.1, -0.05) is 0 Å². The van der Waals surface area contributed by atoms with Gasteiger partial charge >= 0.3 is 5.97 Å². The lowest BCUT2D eigenvalue weighted by molar-refractivity contribution is 0.0603. The van der Waals surface area contributed by atoms with E-state index in [1.54, 1.807) is 10.9 Å². The largest absolute Gasteiger partial charge is 0.465 e. The fraction of sp³-hybridized carbons (Fsp3) is 0.200. The number of rotatable bonds is 2. The monoisotopic (exact) mass is 237 g/mol. The summed E-state index contributed by atoms with van der Waals surface area (Å²) in [6.07, 6.45) is 3.52. The molecule has 0 bridgehead atoms. The Bertz CT molecular complexity index is 530. The van der Waals surface area contributed by atoms with Crippen LogP contribution in [0.25, 0.3) is 11.1 Å². The summed E-state index contributed by atoms with van der Waals surface area (Å²) in [5, 5.41) is 6.35. The van der Waals surface area contributed by atoms with E-state index < -0.39 is 5.97 Å². The molecule has 0 aliphatic rings. The van der Waals surface area contributed by atoms with Crippen LogP contribution in [0.2, 0.25) is 0 Å². The van der Waals surface area contributed by atoms with Gasteiger partial charge in [0.1, 0.15) is 10.6 Å². The Morgan fingerprint density at radius 2 is 2.38 bits per heavy atom. The molecule has 0 atom stereocenters. The minimum Gasteiger partial charge on any atom is -0.465 e. The Morgan fingerprint density at radius 1 is 1.62 bits per heavy atom. The van der Waals surface area contributed by atoms with Gasteiger partial charge in [-0.3, -0.25) is 4.68 Å². The van der Waals surface area contributed by atoms with Crippen LogP contribution < -0.4 is 5.73 Å². The lowest BCUT2D eigenvalue weighted by Crippen LogP contribution is -2.04. The molecule has 16 heavy (non-hydrogen) atoms. The van der Waals surface area contributed by atoms with Gasteiger partial charge in [-0.25, -0.2) is 4.79 Å². The van der Waals surface area contributed by atoms with Crippen LogP contribution in [0.3, 0.4) is 0 Å². The van der Waals surface area contributed by atoms with Crippen molar-refractivity contribution in [3.63, 3.8) is 0 Å². The number of hydrogen-bond donors (Lipinski definition) is 1. The highest BCUT2D eigenvalue weighted by atomic mass is 32.1. The van der Waals surface area contributed by atoms with E-state index in [9.17, 15) is 4.79 Å².